The molecule has 0 heterocycles. The quantitative estimate of drug-likeness (QED) is 0.790. The van der Waals surface area contributed by atoms with E-state index < -0.39 is 28.0 Å². The third-order valence-electron chi connectivity index (χ3n) is 2.75. The number of carbonyl (C=O) groups is 1. The van der Waals surface area contributed by atoms with Crippen molar-refractivity contribution in [1.82, 2.24) is 9.03 Å². The number of halogens is 1. The maximum absolute atomic E-state index is 12.8. The van der Waals surface area contributed by atoms with Crippen LogP contribution in [-0.4, -0.2) is 37.4 Å². The molecule has 1 atom stereocenters. The number of carboxylic acids is 1. The molecule has 8 heteroatoms. The zero-order valence-electron chi connectivity index (χ0n) is 11.2. The van der Waals surface area contributed by atoms with Gasteiger partial charge in [-0.05, 0) is 24.6 Å². The normalized spacial score (nSPS) is 13.4. The maximum atomic E-state index is 12.8. The van der Waals surface area contributed by atoms with Crippen LogP contribution in [-0.2, 0) is 15.0 Å². The second kappa shape index (κ2) is 6.78. The van der Waals surface area contributed by atoms with Gasteiger partial charge in [0.2, 0.25) is 0 Å². The summed E-state index contributed by atoms with van der Waals surface area (Å²) in [4.78, 5) is 10.4. The van der Waals surface area contributed by atoms with Crippen LogP contribution in [0.1, 0.15) is 24.9 Å². The summed E-state index contributed by atoms with van der Waals surface area (Å²) in [6.07, 6.45) is -0.275. The van der Waals surface area contributed by atoms with Crippen LogP contribution in [0.2, 0.25) is 0 Å². The van der Waals surface area contributed by atoms with Crippen molar-refractivity contribution in [2.75, 3.05) is 13.6 Å². The number of nitrogens with zero attached hydrogens (tertiary/aromatic N) is 1. The summed E-state index contributed by atoms with van der Waals surface area (Å²) in [5, 5.41) is 8.54. The molecule has 2 N–H and O–H groups in total. The molecule has 1 aromatic rings. The third kappa shape index (κ3) is 4.87. The highest BCUT2D eigenvalue weighted by atomic mass is 32.2. The van der Waals surface area contributed by atoms with E-state index in [1.165, 1.54) is 31.3 Å². The van der Waals surface area contributed by atoms with Gasteiger partial charge in [-0.3, -0.25) is 4.79 Å². The Morgan fingerprint density at radius 1 is 1.40 bits per heavy atom. The zero-order chi connectivity index (χ0) is 15.3. The first-order chi connectivity index (χ1) is 9.22. The summed E-state index contributed by atoms with van der Waals surface area (Å²) in [6.45, 7) is 1.50. The first-order valence-corrected chi connectivity index (χ1v) is 7.37. The lowest BCUT2D eigenvalue weighted by Gasteiger charge is -2.20. The highest BCUT2D eigenvalue weighted by Crippen LogP contribution is 2.14. The van der Waals surface area contributed by atoms with E-state index >= 15 is 0 Å². The summed E-state index contributed by atoms with van der Waals surface area (Å²) in [5.74, 6) is -1.47. The van der Waals surface area contributed by atoms with Gasteiger partial charge in [0.15, 0.2) is 0 Å². The van der Waals surface area contributed by atoms with E-state index in [0.717, 1.165) is 4.31 Å². The minimum absolute atomic E-state index is 0.124. The van der Waals surface area contributed by atoms with Crippen LogP contribution >= 0.6 is 0 Å². The van der Waals surface area contributed by atoms with Gasteiger partial charge in [-0.15, -0.1) is 0 Å². The highest BCUT2D eigenvalue weighted by Gasteiger charge is 2.21. The Morgan fingerprint density at radius 2 is 1.95 bits per heavy atom. The summed E-state index contributed by atoms with van der Waals surface area (Å²) in [5.41, 5.74) is 0.613. The number of hydrogen-bond donors (Lipinski definition) is 2. The molecule has 1 aromatic carbocycles. The molecule has 0 amide bonds. The fourth-order valence-electron chi connectivity index (χ4n) is 1.51. The Hall–Kier alpha value is -1.51. The van der Waals surface area contributed by atoms with E-state index in [0.29, 0.717) is 5.56 Å². The molecule has 0 fully saturated rings. The molecule has 112 valence electrons. The molecule has 0 saturated heterocycles. The molecule has 0 aromatic heterocycles. The van der Waals surface area contributed by atoms with Crippen LogP contribution in [0.15, 0.2) is 24.3 Å². The lowest BCUT2D eigenvalue weighted by molar-refractivity contribution is -0.137. The molecule has 0 bridgehead atoms. The molecule has 1 rings (SSSR count). The predicted octanol–water partition coefficient (Wildman–Crippen LogP) is 1.13. The van der Waals surface area contributed by atoms with Gasteiger partial charge in [-0.25, -0.2) is 4.39 Å². The Morgan fingerprint density at radius 3 is 2.45 bits per heavy atom. The molecular formula is C12H17FN2O4S. The second-order valence-electron chi connectivity index (χ2n) is 4.36. The predicted molar refractivity (Wildman–Crippen MR) is 71.8 cm³/mol. The first kappa shape index (κ1) is 16.5. The number of carboxylic acid groups (broad SMARTS) is 1. The Balaban J connectivity index is 2.69. The van der Waals surface area contributed by atoms with Crippen molar-refractivity contribution in [3.63, 3.8) is 0 Å². The lowest BCUT2D eigenvalue weighted by atomic mass is 10.1. The van der Waals surface area contributed by atoms with Crippen LogP contribution in [0.25, 0.3) is 0 Å². The van der Waals surface area contributed by atoms with Gasteiger partial charge in [0.25, 0.3) is 10.2 Å². The summed E-state index contributed by atoms with van der Waals surface area (Å²) in [7, 11) is -2.49. The molecule has 0 aliphatic rings. The van der Waals surface area contributed by atoms with E-state index in [2.05, 4.69) is 4.72 Å². The Kier molecular flexibility index (Phi) is 5.61. The minimum atomic E-state index is -3.79. The van der Waals surface area contributed by atoms with Crippen molar-refractivity contribution in [2.24, 2.45) is 0 Å². The van der Waals surface area contributed by atoms with Crippen molar-refractivity contribution >= 4 is 16.2 Å². The first-order valence-electron chi connectivity index (χ1n) is 5.93. The largest absolute Gasteiger partial charge is 0.481 e. The molecule has 0 spiro atoms. The van der Waals surface area contributed by atoms with Crippen molar-refractivity contribution < 1.29 is 22.7 Å². The average molecular weight is 304 g/mol. The molecule has 0 aliphatic carbocycles. The fraction of sp³-hybridized carbons (Fsp3) is 0.417. The van der Waals surface area contributed by atoms with Gasteiger partial charge in [0, 0.05) is 19.6 Å². The smallest absolute Gasteiger partial charge is 0.304 e. The second-order valence-corrected chi connectivity index (χ2v) is 6.17. The molecule has 20 heavy (non-hydrogen) atoms. The molecule has 0 radical (unpaired) electrons. The van der Waals surface area contributed by atoms with Crippen LogP contribution in [0.5, 0.6) is 0 Å². The monoisotopic (exact) mass is 304 g/mol. The van der Waals surface area contributed by atoms with Crippen molar-refractivity contribution in [1.29, 1.82) is 0 Å². The third-order valence-corrected chi connectivity index (χ3v) is 4.40. The van der Waals surface area contributed by atoms with Gasteiger partial charge in [-0.2, -0.15) is 17.4 Å². The fourth-order valence-corrected chi connectivity index (χ4v) is 2.60. The number of rotatable bonds is 7. The van der Waals surface area contributed by atoms with Crippen LogP contribution in [0.3, 0.4) is 0 Å². The SMILES string of the molecule is CC(NS(=O)(=O)N(C)CCC(=O)O)c1ccc(F)cc1. The van der Waals surface area contributed by atoms with Gasteiger partial charge in [0.05, 0.1) is 6.42 Å². The van der Waals surface area contributed by atoms with Crippen LogP contribution < -0.4 is 4.72 Å². The van der Waals surface area contributed by atoms with E-state index in [1.54, 1.807) is 6.92 Å². The summed E-state index contributed by atoms with van der Waals surface area (Å²) in [6, 6.07) is 4.91. The molecule has 0 saturated carbocycles. The summed E-state index contributed by atoms with van der Waals surface area (Å²) < 4.78 is 40.0. The zero-order valence-corrected chi connectivity index (χ0v) is 12.0. The number of nitrogens with one attached hydrogen (secondary N) is 1. The van der Waals surface area contributed by atoms with E-state index in [9.17, 15) is 17.6 Å². The molecule has 0 aliphatic heterocycles. The van der Waals surface area contributed by atoms with Crippen LogP contribution in [0.4, 0.5) is 4.39 Å². The van der Waals surface area contributed by atoms with Crippen molar-refractivity contribution in [3.8, 4) is 0 Å². The van der Waals surface area contributed by atoms with E-state index in [-0.39, 0.29) is 13.0 Å². The standard InChI is InChI=1S/C12H17FN2O4S/c1-9(10-3-5-11(13)6-4-10)14-20(18,19)15(2)8-7-12(16)17/h3-6,9,14H,7-8H2,1-2H3,(H,16,17). The van der Waals surface area contributed by atoms with E-state index in [4.69, 9.17) is 5.11 Å². The number of hydrogen-bond acceptors (Lipinski definition) is 3. The molecule has 6 nitrogen and oxygen atoms in total. The van der Waals surface area contributed by atoms with Gasteiger partial charge in [0.1, 0.15) is 5.82 Å². The van der Waals surface area contributed by atoms with Crippen molar-refractivity contribution in [2.45, 2.75) is 19.4 Å². The molecular weight excluding hydrogens is 287 g/mol. The Labute approximate surface area is 117 Å². The summed E-state index contributed by atoms with van der Waals surface area (Å²) >= 11 is 0. The number of benzene rings is 1. The maximum Gasteiger partial charge on any atom is 0.304 e. The van der Waals surface area contributed by atoms with Gasteiger partial charge in [-0.1, -0.05) is 12.1 Å². The van der Waals surface area contributed by atoms with Gasteiger partial charge >= 0.3 is 5.97 Å². The van der Waals surface area contributed by atoms with E-state index in [1.807, 2.05) is 0 Å². The topological polar surface area (TPSA) is 86.7 Å². The minimum Gasteiger partial charge on any atom is -0.481 e. The highest BCUT2D eigenvalue weighted by molar-refractivity contribution is 7.87. The van der Waals surface area contributed by atoms with Crippen molar-refractivity contribution in [3.05, 3.63) is 35.6 Å². The van der Waals surface area contributed by atoms with Crippen LogP contribution in [0, 0.1) is 5.82 Å². The average Bonchev–Trinajstić information content (AvgIpc) is 2.35. The lowest BCUT2D eigenvalue weighted by Crippen LogP contribution is -2.40. The van der Waals surface area contributed by atoms with Gasteiger partial charge < -0.3 is 5.11 Å². The number of aliphatic carboxylic acids is 1. The molecule has 1 unspecified atom stereocenters. The Bertz CT molecular complexity index is 559.